The van der Waals surface area contributed by atoms with E-state index in [1.54, 1.807) is 18.2 Å². The lowest BCUT2D eigenvalue weighted by Gasteiger charge is -2.26. The maximum absolute atomic E-state index is 13.5. The largest absolute Gasteiger partial charge is 0.421 e. The van der Waals surface area contributed by atoms with Gasteiger partial charge in [-0.2, -0.15) is 18.2 Å². The number of anilines is 4. The van der Waals surface area contributed by atoms with Crippen molar-refractivity contribution in [3.8, 4) is 0 Å². The van der Waals surface area contributed by atoms with Gasteiger partial charge in [0.25, 0.3) is 0 Å². The van der Waals surface area contributed by atoms with Crippen LogP contribution in [-0.2, 0) is 11.0 Å². The Morgan fingerprint density at radius 3 is 2.47 bits per heavy atom. The van der Waals surface area contributed by atoms with Crippen LogP contribution in [0.5, 0.6) is 0 Å². The zero-order chi connectivity index (χ0) is 21.7. The molecule has 0 radical (unpaired) electrons. The number of halogens is 3. The van der Waals surface area contributed by atoms with Gasteiger partial charge in [0.1, 0.15) is 11.4 Å². The van der Waals surface area contributed by atoms with Crippen molar-refractivity contribution in [2.45, 2.75) is 44.0 Å². The molecule has 7 nitrogen and oxygen atoms in total. The van der Waals surface area contributed by atoms with Gasteiger partial charge >= 0.3 is 6.18 Å². The summed E-state index contributed by atoms with van der Waals surface area (Å²) in [4.78, 5) is 19.5. The van der Waals surface area contributed by atoms with Crippen molar-refractivity contribution in [2.24, 2.45) is 0 Å². The van der Waals surface area contributed by atoms with Crippen LogP contribution in [0.15, 0.2) is 43.1 Å². The van der Waals surface area contributed by atoms with E-state index >= 15 is 0 Å². The summed E-state index contributed by atoms with van der Waals surface area (Å²) in [5.41, 5.74) is -0.509. The molecule has 2 aromatic rings. The number of aliphatic hydroxyl groups is 1. The number of nitrogens with zero attached hydrogens (tertiary/aromatic N) is 2. The number of hydrogen-bond donors (Lipinski definition) is 4. The molecule has 0 atom stereocenters. The Balaban J connectivity index is 1.88. The standard InChI is InChI=1S/C20H22F3N5O2/c1-2-17(30)26-15-5-3-4-6-16(15)27-18-14(20(21,22)23)11-24-19(28-18)25-12-7-9-13(29)10-8-12/h2-6,11-13,29H,1,7-10H2,(H,26,30)(H2,24,25,27,28)/t12-,13+. The highest BCUT2D eigenvalue weighted by atomic mass is 19.4. The Morgan fingerprint density at radius 1 is 1.17 bits per heavy atom. The Morgan fingerprint density at radius 2 is 1.83 bits per heavy atom. The molecule has 1 amide bonds. The molecule has 160 valence electrons. The SMILES string of the molecule is C=CC(=O)Nc1ccccc1Nc1nc(N[C@H]2CC[C@@H](O)CC2)ncc1C(F)(F)F. The molecule has 0 unspecified atom stereocenters. The van der Waals surface area contributed by atoms with E-state index < -0.39 is 23.5 Å². The van der Waals surface area contributed by atoms with E-state index in [2.05, 4.69) is 32.5 Å². The normalized spacial score (nSPS) is 19.1. The van der Waals surface area contributed by atoms with Gasteiger partial charge < -0.3 is 21.1 Å². The highest BCUT2D eigenvalue weighted by molar-refractivity contribution is 6.01. The second-order valence-corrected chi connectivity index (χ2v) is 6.97. The molecule has 1 fully saturated rings. The van der Waals surface area contributed by atoms with E-state index in [4.69, 9.17) is 0 Å². The van der Waals surface area contributed by atoms with Crippen LogP contribution in [0, 0.1) is 0 Å². The van der Waals surface area contributed by atoms with Gasteiger partial charge in [0, 0.05) is 12.2 Å². The van der Waals surface area contributed by atoms with Crippen LogP contribution in [0.4, 0.5) is 36.3 Å². The van der Waals surface area contributed by atoms with Crippen molar-refractivity contribution in [2.75, 3.05) is 16.0 Å². The lowest BCUT2D eigenvalue weighted by Crippen LogP contribution is -2.29. The van der Waals surface area contributed by atoms with Crippen LogP contribution in [0.1, 0.15) is 31.2 Å². The second kappa shape index (κ2) is 9.12. The number of carbonyl (C=O) groups excluding carboxylic acids is 1. The molecule has 30 heavy (non-hydrogen) atoms. The fourth-order valence-electron chi connectivity index (χ4n) is 3.17. The number of aromatic nitrogens is 2. The maximum atomic E-state index is 13.5. The van der Waals surface area contributed by atoms with E-state index in [0.717, 1.165) is 12.3 Å². The van der Waals surface area contributed by atoms with E-state index in [1.165, 1.54) is 6.07 Å². The highest BCUT2D eigenvalue weighted by Crippen LogP contribution is 2.36. The van der Waals surface area contributed by atoms with Crippen molar-refractivity contribution >= 4 is 29.0 Å². The summed E-state index contributed by atoms with van der Waals surface area (Å²) < 4.78 is 40.5. The van der Waals surface area contributed by atoms with E-state index in [1.807, 2.05) is 0 Å². The molecule has 0 saturated heterocycles. The molecule has 1 saturated carbocycles. The fraction of sp³-hybridized carbons (Fsp3) is 0.350. The molecular weight excluding hydrogens is 399 g/mol. The molecule has 0 spiro atoms. The number of nitrogens with one attached hydrogen (secondary N) is 3. The van der Waals surface area contributed by atoms with Crippen molar-refractivity contribution in [1.82, 2.24) is 9.97 Å². The first-order chi connectivity index (χ1) is 14.3. The molecule has 1 heterocycles. The summed E-state index contributed by atoms with van der Waals surface area (Å²) in [5.74, 6) is -0.875. The molecule has 3 rings (SSSR count). The van der Waals surface area contributed by atoms with Crippen LogP contribution in [0.25, 0.3) is 0 Å². The van der Waals surface area contributed by atoms with Crippen molar-refractivity contribution in [3.63, 3.8) is 0 Å². The third-order valence-electron chi connectivity index (χ3n) is 4.75. The van der Waals surface area contributed by atoms with Gasteiger partial charge in [0.15, 0.2) is 0 Å². The monoisotopic (exact) mass is 421 g/mol. The minimum atomic E-state index is -4.67. The van der Waals surface area contributed by atoms with Crippen LogP contribution in [0.2, 0.25) is 0 Å². The predicted octanol–water partition coefficient (Wildman–Crippen LogP) is 4.08. The lowest BCUT2D eigenvalue weighted by atomic mass is 9.93. The number of alkyl halides is 3. The van der Waals surface area contributed by atoms with Crippen molar-refractivity contribution in [3.05, 3.63) is 48.7 Å². The average molecular weight is 421 g/mol. The Kier molecular flexibility index (Phi) is 6.56. The third kappa shape index (κ3) is 5.47. The summed E-state index contributed by atoms with van der Waals surface area (Å²) in [6.45, 7) is 3.36. The third-order valence-corrected chi connectivity index (χ3v) is 4.75. The number of benzene rings is 1. The quantitative estimate of drug-likeness (QED) is 0.525. The Labute approximate surface area is 171 Å². The van der Waals surface area contributed by atoms with Gasteiger partial charge in [-0.15, -0.1) is 0 Å². The minimum Gasteiger partial charge on any atom is -0.393 e. The first-order valence-electron chi connectivity index (χ1n) is 9.44. The summed E-state index contributed by atoms with van der Waals surface area (Å²) in [7, 11) is 0. The molecule has 0 bridgehead atoms. The number of rotatable bonds is 6. The van der Waals surface area contributed by atoms with Crippen molar-refractivity contribution in [1.29, 1.82) is 0 Å². The second-order valence-electron chi connectivity index (χ2n) is 6.97. The summed E-state index contributed by atoms with van der Waals surface area (Å²) in [6.07, 6.45) is -0.674. The Bertz CT molecular complexity index is 912. The van der Waals surface area contributed by atoms with Crippen LogP contribution < -0.4 is 16.0 Å². The van der Waals surface area contributed by atoms with E-state index in [9.17, 15) is 23.1 Å². The van der Waals surface area contributed by atoms with Gasteiger partial charge in [0.05, 0.1) is 17.5 Å². The van der Waals surface area contributed by atoms with Crippen molar-refractivity contribution < 1.29 is 23.1 Å². The first-order valence-corrected chi connectivity index (χ1v) is 9.44. The minimum absolute atomic E-state index is 0.0304. The lowest BCUT2D eigenvalue weighted by molar-refractivity contribution is -0.137. The first kappa shape index (κ1) is 21.6. The van der Waals surface area contributed by atoms with Crippen LogP contribution in [-0.4, -0.2) is 33.1 Å². The molecule has 1 aromatic heterocycles. The average Bonchev–Trinajstić information content (AvgIpc) is 2.70. The fourth-order valence-corrected chi connectivity index (χ4v) is 3.17. The highest BCUT2D eigenvalue weighted by Gasteiger charge is 2.35. The number of hydrogen-bond acceptors (Lipinski definition) is 6. The topological polar surface area (TPSA) is 99.2 Å². The summed E-state index contributed by atoms with van der Waals surface area (Å²) in [6, 6.07) is 6.30. The molecule has 4 N–H and O–H groups in total. The summed E-state index contributed by atoms with van der Waals surface area (Å²) in [5, 5.41) is 17.8. The molecule has 1 aromatic carbocycles. The molecule has 1 aliphatic carbocycles. The van der Waals surface area contributed by atoms with Crippen LogP contribution >= 0.6 is 0 Å². The maximum Gasteiger partial charge on any atom is 0.421 e. The zero-order valence-electron chi connectivity index (χ0n) is 16.0. The summed E-state index contributed by atoms with van der Waals surface area (Å²) >= 11 is 0. The van der Waals surface area contributed by atoms with Gasteiger partial charge in [-0.25, -0.2) is 4.98 Å². The number of para-hydroxylation sites is 2. The smallest absolute Gasteiger partial charge is 0.393 e. The van der Waals surface area contributed by atoms with E-state index in [0.29, 0.717) is 25.7 Å². The number of amides is 1. The van der Waals surface area contributed by atoms with E-state index in [-0.39, 0.29) is 29.5 Å². The van der Waals surface area contributed by atoms with Gasteiger partial charge in [-0.1, -0.05) is 18.7 Å². The predicted molar refractivity (Wildman–Crippen MR) is 107 cm³/mol. The molecule has 0 aliphatic heterocycles. The zero-order valence-corrected chi connectivity index (χ0v) is 16.0. The number of aliphatic hydroxyl groups excluding tert-OH is 1. The molecular formula is C20H22F3N5O2. The van der Waals surface area contributed by atoms with Gasteiger partial charge in [-0.3, -0.25) is 4.79 Å². The van der Waals surface area contributed by atoms with Gasteiger partial charge in [0.2, 0.25) is 11.9 Å². The number of carbonyl (C=O) groups is 1. The molecule has 1 aliphatic rings. The van der Waals surface area contributed by atoms with Crippen LogP contribution in [0.3, 0.4) is 0 Å². The van der Waals surface area contributed by atoms with Gasteiger partial charge in [-0.05, 0) is 43.9 Å². The molecule has 10 heteroatoms. The Hall–Kier alpha value is -3.14.